The molecule has 0 spiro atoms. The van der Waals surface area contributed by atoms with Crippen LogP contribution in [-0.2, 0) is 11.0 Å². The molecule has 0 aliphatic heterocycles. The number of aliphatic carboxylic acids is 1. The van der Waals surface area contributed by atoms with E-state index in [1.807, 2.05) is 13.8 Å². The van der Waals surface area contributed by atoms with Gasteiger partial charge in [0.15, 0.2) is 0 Å². The molecule has 23 heavy (non-hydrogen) atoms. The maximum absolute atomic E-state index is 12.8. The Bertz CT molecular complexity index is 688. The Hall–Kier alpha value is -2.30. The minimum absolute atomic E-state index is 0.0769. The molecule has 1 atom stereocenters. The van der Waals surface area contributed by atoms with Crippen LogP contribution in [0.25, 0.3) is 11.1 Å². The second-order valence-electron chi connectivity index (χ2n) is 5.76. The van der Waals surface area contributed by atoms with Gasteiger partial charge in [-0.05, 0) is 34.7 Å². The largest absolute Gasteiger partial charge is 0.481 e. The molecule has 2 aromatic carbocycles. The zero-order chi connectivity index (χ0) is 17.2. The van der Waals surface area contributed by atoms with Gasteiger partial charge in [-0.3, -0.25) is 4.79 Å². The van der Waals surface area contributed by atoms with Gasteiger partial charge < -0.3 is 5.11 Å². The lowest BCUT2D eigenvalue weighted by Crippen LogP contribution is -2.17. The highest BCUT2D eigenvalue weighted by Crippen LogP contribution is 2.33. The van der Waals surface area contributed by atoms with E-state index in [9.17, 15) is 23.1 Å². The van der Waals surface area contributed by atoms with Gasteiger partial charge in [-0.1, -0.05) is 50.2 Å². The zero-order valence-electron chi connectivity index (χ0n) is 12.8. The molecule has 2 aromatic rings. The SMILES string of the molecule is CC(C)[C@@H](C(=O)O)c1ccc(-c2cccc(C(F)(F)F)c2)cc1. The second kappa shape index (κ2) is 6.44. The van der Waals surface area contributed by atoms with Crippen LogP contribution >= 0.6 is 0 Å². The molecule has 0 fully saturated rings. The fraction of sp³-hybridized carbons (Fsp3) is 0.278. The Morgan fingerprint density at radius 3 is 2.09 bits per heavy atom. The van der Waals surface area contributed by atoms with Crippen molar-refractivity contribution in [2.75, 3.05) is 0 Å². The van der Waals surface area contributed by atoms with Crippen molar-refractivity contribution in [2.24, 2.45) is 5.92 Å². The Kier molecular flexibility index (Phi) is 4.78. The molecule has 0 aliphatic carbocycles. The number of carboxylic acids is 1. The summed E-state index contributed by atoms with van der Waals surface area (Å²) in [7, 11) is 0. The first-order valence-electron chi connectivity index (χ1n) is 7.20. The summed E-state index contributed by atoms with van der Waals surface area (Å²) in [6.07, 6.45) is -4.39. The predicted molar refractivity (Wildman–Crippen MR) is 82.1 cm³/mol. The molecule has 0 bridgehead atoms. The van der Waals surface area contributed by atoms with Gasteiger partial charge in [0.05, 0.1) is 11.5 Å². The van der Waals surface area contributed by atoms with E-state index in [-0.39, 0.29) is 5.92 Å². The fourth-order valence-electron chi connectivity index (χ4n) is 2.57. The first-order valence-corrected chi connectivity index (χ1v) is 7.20. The summed E-state index contributed by atoms with van der Waals surface area (Å²) >= 11 is 0. The first-order chi connectivity index (χ1) is 10.7. The smallest absolute Gasteiger partial charge is 0.416 e. The molecule has 0 aliphatic rings. The maximum atomic E-state index is 12.8. The molecule has 0 aromatic heterocycles. The van der Waals surface area contributed by atoms with Gasteiger partial charge in [-0.15, -0.1) is 0 Å². The topological polar surface area (TPSA) is 37.3 Å². The van der Waals surface area contributed by atoms with Crippen LogP contribution in [0.2, 0.25) is 0 Å². The maximum Gasteiger partial charge on any atom is 0.416 e. The molecule has 0 saturated heterocycles. The fourth-order valence-corrected chi connectivity index (χ4v) is 2.57. The van der Waals surface area contributed by atoms with E-state index in [4.69, 9.17) is 0 Å². The Labute approximate surface area is 132 Å². The van der Waals surface area contributed by atoms with Crippen LogP contribution in [0.1, 0.15) is 30.9 Å². The monoisotopic (exact) mass is 322 g/mol. The third kappa shape index (κ3) is 3.92. The predicted octanol–water partition coefficient (Wildman–Crippen LogP) is 5.20. The average molecular weight is 322 g/mol. The van der Waals surface area contributed by atoms with Crippen molar-refractivity contribution in [3.8, 4) is 11.1 Å². The van der Waals surface area contributed by atoms with Crippen LogP contribution in [0.15, 0.2) is 48.5 Å². The van der Waals surface area contributed by atoms with Gasteiger partial charge >= 0.3 is 12.1 Å². The summed E-state index contributed by atoms with van der Waals surface area (Å²) < 4.78 is 38.3. The summed E-state index contributed by atoms with van der Waals surface area (Å²) in [6, 6.07) is 11.7. The van der Waals surface area contributed by atoms with E-state index >= 15 is 0 Å². The van der Waals surface area contributed by atoms with E-state index in [2.05, 4.69) is 0 Å². The summed E-state index contributed by atoms with van der Waals surface area (Å²) in [6.45, 7) is 3.64. The number of carbonyl (C=O) groups is 1. The minimum Gasteiger partial charge on any atom is -0.481 e. The van der Waals surface area contributed by atoms with E-state index in [1.54, 1.807) is 30.3 Å². The Morgan fingerprint density at radius 1 is 1.00 bits per heavy atom. The normalized spacial score (nSPS) is 13.1. The molecule has 0 amide bonds. The lowest BCUT2D eigenvalue weighted by atomic mass is 9.87. The Morgan fingerprint density at radius 2 is 1.61 bits per heavy atom. The van der Waals surface area contributed by atoms with Crippen LogP contribution in [0, 0.1) is 5.92 Å². The highest BCUT2D eigenvalue weighted by molar-refractivity contribution is 5.77. The number of rotatable bonds is 4. The van der Waals surface area contributed by atoms with Crippen molar-refractivity contribution in [3.63, 3.8) is 0 Å². The quantitative estimate of drug-likeness (QED) is 0.840. The lowest BCUT2D eigenvalue weighted by molar-refractivity contribution is -0.140. The Balaban J connectivity index is 2.35. The summed E-state index contributed by atoms with van der Waals surface area (Å²) in [5.41, 5.74) is 1.00. The van der Waals surface area contributed by atoms with Crippen molar-refractivity contribution in [1.82, 2.24) is 0 Å². The van der Waals surface area contributed by atoms with Crippen LogP contribution in [-0.4, -0.2) is 11.1 Å². The molecule has 0 heterocycles. The van der Waals surface area contributed by atoms with Gasteiger partial charge in [0, 0.05) is 0 Å². The zero-order valence-corrected chi connectivity index (χ0v) is 12.8. The number of benzene rings is 2. The van der Waals surface area contributed by atoms with Gasteiger partial charge in [-0.25, -0.2) is 0 Å². The highest BCUT2D eigenvalue weighted by Gasteiger charge is 2.30. The number of halogens is 3. The van der Waals surface area contributed by atoms with E-state index in [0.29, 0.717) is 16.7 Å². The van der Waals surface area contributed by atoms with Crippen molar-refractivity contribution in [1.29, 1.82) is 0 Å². The third-order valence-corrected chi connectivity index (χ3v) is 3.73. The molecule has 5 heteroatoms. The van der Waals surface area contributed by atoms with Crippen LogP contribution < -0.4 is 0 Å². The molecule has 1 N–H and O–H groups in total. The standard InChI is InChI=1S/C18H17F3O2/c1-11(2)16(17(22)23)13-8-6-12(7-9-13)14-4-3-5-15(10-14)18(19,20)21/h3-11,16H,1-2H3,(H,22,23)/t16-/m1/s1. The summed E-state index contributed by atoms with van der Waals surface area (Å²) in [5, 5.41) is 9.28. The summed E-state index contributed by atoms with van der Waals surface area (Å²) in [4.78, 5) is 11.3. The van der Waals surface area contributed by atoms with Gasteiger partial charge in [-0.2, -0.15) is 13.2 Å². The molecule has 0 radical (unpaired) electrons. The van der Waals surface area contributed by atoms with E-state index in [1.165, 1.54) is 6.07 Å². The lowest BCUT2D eigenvalue weighted by Gasteiger charge is -2.17. The first kappa shape index (κ1) is 17.1. The van der Waals surface area contributed by atoms with E-state index in [0.717, 1.165) is 12.1 Å². The van der Waals surface area contributed by atoms with Crippen molar-refractivity contribution in [2.45, 2.75) is 25.9 Å². The molecule has 2 rings (SSSR count). The molecule has 2 nitrogen and oxygen atoms in total. The highest BCUT2D eigenvalue weighted by atomic mass is 19.4. The molecular formula is C18H17F3O2. The molecule has 0 saturated carbocycles. The van der Waals surface area contributed by atoms with Gasteiger partial charge in [0.2, 0.25) is 0 Å². The number of hydrogen-bond acceptors (Lipinski definition) is 1. The van der Waals surface area contributed by atoms with E-state index < -0.39 is 23.6 Å². The number of carboxylic acid groups (broad SMARTS) is 1. The van der Waals surface area contributed by atoms with Gasteiger partial charge in [0.25, 0.3) is 0 Å². The second-order valence-corrected chi connectivity index (χ2v) is 5.76. The van der Waals surface area contributed by atoms with Crippen LogP contribution in [0.4, 0.5) is 13.2 Å². The molecule has 122 valence electrons. The van der Waals surface area contributed by atoms with Crippen molar-refractivity contribution in [3.05, 3.63) is 59.7 Å². The van der Waals surface area contributed by atoms with Crippen molar-refractivity contribution < 1.29 is 23.1 Å². The average Bonchev–Trinajstić information content (AvgIpc) is 2.46. The number of hydrogen-bond donors (Lipinski definition) is 1. The molecular weight excluding hydrogens is 305 g/mol. The summed E-state index contributed by atoms with van der Waals surface area (Å²) in [5.74, 6) is -1.62. The third-order valence-electron chi connectivity index (χ3n) is 3.73. The molecule has 0 unspecified atom stereocenters. The van der Waals surface area contributed by atoms with Crippen LogP contribution in [0.3, 0.4) is 0 Å². The van der Waals surface area contributed by atoms with Crippen molar-refractivity contribution >= 4 is 5.97 Å². The number of alkyl halides is 3. The van der Waals surface area contributed by atoms with Gasteiger partial charge in [0.1, 0.15) is 0 Å². The van der Waals surface area contributed by atoms with Crippen LogP contribution in [0.5, 0.6) is 0 Å². The minimum atomic E-state index is -4.39.